The van der Waals surface area contributed by atoms with E-state index in [0.29, 0.717) is 18.6 Å². The van der Waals surface area contributed by atoms with E-state index in [1.54, 1.807) is 23.2 Å². The number of aromatic nitrogens is 1. The van der Waals surface area contributed by atoms with Crippen LogP contribution in [0.15, 0.2) is 46.8 Å². The summed E-state index contributed by atoms with van der Waals surface area (Å²) in [4.78, 5) is 19.7. The molecule has 146 valence electrons. The van der Waals surface area contributed by atoms with E-state index < -0.39 is 10.0 Å². The van der Waals surface area contributed by atoms with Crippen LogP contribution in [0.3, 0.4) is 0 Å². The van der Waals surface area contributed by atoms with Crippen LogP contribution in [-0.4, -0.2) is 54.7 Å². The molecule has 0 aliphatic carbocycles. The van der Waals surface area contributed by atoms with Crippen LogP contribution >= 0.6 is 11.3 Å². The number of carbonyl (C=O) groups is 1. The minimum atomic E-state index is -3.68. The summed E-state index contributed by atoms with van der Waals surface area (Å²) in [5, 5.41) is 2.71. The summed E-state index contributed by atoms with van der Waals surface area (Å²) in [5.41, 5.74) is 2.43. The molecular formula is C20H21N3O3S2. The van der Waals surface area contributed by atoms with E-state index in [1.165, 1.54) is 15.6 Å². The van der Waals surface area contributed by atoms with Gasteiger partial charge in [0, 0.05) is 37.8 Å². The van der Waals surface area contributed by atoms with Gasteiger partial charge in [0.05, 0.1) is 10.4 Å². The number of para-hydroxylation sites is 1. The Bertz CT molecular complexity index is 1150. The molecule has 3 aromatic rings. The minimum Gasteiger partial charge on any atom is -0.335 e. The summed E-state index contributed by atoms with van der Waals surface area (Å²) in [6, 6.07) is 9.08. The number of thiophene rings is 1. The van der Waals surface area contributed by atoms with Crippen LogP contribution in [0.4, 0.5) is 0 Å². The second-order valence-electron chi connectivity index (χ2n) is 6.97. The van der Waals surface area contributed by atoms with Gasteiger partial charge >= 0.3 is 0 Å². The number of carbonyl (C=O) groups excluding carboxylic acids is 1. The summed E-state index contributed by atoms with van der Waals surface area (Å²) < 4.78 is 27.9. The predicted octanol–water partition coefficient (Wildman–Crippen LogP) is 3.06. The normalized spacial score (nSPS) is 15.9. The van der Waals surface area contributed by atoms with Crippen LogP contribution in [0.2, 0.25) is 0 Å². The van der Waals surface area contributed by atoms with Crippen molar-refractivity contribution in [3.8, 4) is 0 Å². The van der Waals surface area contributed by atoms with Crippen molar-refractivity contribution in [2.45, 2.75) is 18.7 Å². The van der Waals surface area contributed by atoms with Gasteiger partial charge in [-0.25, -0.2) is 8.42 Å². The highest BCUT2D eigenvalue weighted by atomic mass is 32.2. The lowest BCUT2D eigenvalue weighted by atomic mass is 10.2. The number of hydrogen-bond acceptors (Lipinski definition) is 5. The molecule has 1 aromatic carbocycles. The highest BCUT2D eigenvalue weighted by Gasteiger charge is 2.32. The van der Waals surface area contributed by atoms with Gasteiger partial charge < -0.3 is 4.90 Å². The molecule has 6 nitrogen and oxygen atoms in total. The summed E-state index contributed by atoms with van der Waals surface area (Å²) in [6.45, 7) is 5.17. The molecule has 3 heterocycles. The van der Waals surface area contributed by atoms with Crippen LogP contribution in [0.5, 0.6) is 0 Å². The maximum atomic E-state index is 13.2. The Morgan fingerprint density at radius 3 is 2.54 bits per heavy atom. The Hall–Kier alpha value is -2.29. The first kappa shape index (κ1) is 19.0. The van der Waals surface area contributed by atoms with E-state index in [9.17, 15) is 13.2 Å². The summed E-state index contributed by atoms with van der Waals surface area (Å²) in [6.07, 6.45) is 1.68. The van der Waals surface area contributed by atoms with Crippen LogP contribution in [0.25, 0.3) is 10.9 Å². The molecule has 1 aliphatic rings. The second kappa shape index (κ2) is 7.27. The van der Waals surface area contributed by atoms with Gasteiger partial charge in [0.2, 0.25) is 10.0 Å². The van der Waals surface area contributed by atoms with Gasteiger partial charge in [-0.2, -0.15) is 4.31 Å². The number of pyridine rings is 1. The number of sulfonamides is 1. The summed E-state index contributed by atoms with van der Waals surface area (Å²) >= 11 is 1.43. The number of amides is 1. The van der Waals surface area contributed by atoms with E-state index in [-0.39, 0.29) is 23.9 Å². The quantitative estimate of drug-likeness (QED) is 0.659. The maximum absolute atomic E-state index is 13.2. The topological polar surface area (TPSA) is 70.6 Å². The zero-order valence-corrected chi connectivity index (χ0v) is 17.4. The molecule has 2 aromatic heterocycles. The molecule has 0 unspecified atom stereocenters. The lowest BCUT2D eigenvalue weighted by Crippen LogP contribution is -2.50. The number of rotatable bonds is 3. The molecule has 0 spiro atoms. The summed E-state index contributed by atoms with van der Waals surface area (Å²) in [7, 11) is -3.68. The first-order chi connectivity index (χ1) is 13.4. The SMILES string of the molecule is Cc1cnc2c(S(=O)(=O)N3CCN(C(=O)c4sccc4C)CC3)cccc2c1. The minimum absolute atomic E-state index is 0.0214. The third kappa shape index (κ3) is 3.32. The Kier molecular flexibility index (Phi) is 4.95. The lowest BCUT2D eigenvalue weighted by Gasteiger charge is -2.34. The van der Waals surface area contributed by atoms with Crippen LogP contribution < -0.4 is 0 Å². The Morgan fingerprint density at radius 1 is 1.11 bits per heavy atom. The average Bonchev–Trinajstić information content (AvgIpc) is 3.12. The first-order valence-corrected chi connectivity index (χ1v) is 11.4. The molecule has 0 bridgehead atoms. The second-order valence-corrected chi connectivity index (χ2v) is 9.79. The van der Waals surface area contributed by atoms with Gasteiger partial charge in [-0.3, -0.25) is 9.78 Å². The Balaban J connectivity index is 1.56. The monoisotopic (exact) mass is 415 g/mol. The average molecular weight is 416 g/mol. The van der Waals surface area contributed by atoms with E-state index in [1.807, 2.05) is 37.4 Å². The van der Waals surface area contributed by atoms with Crippen LogP contribution in [0.1, 0.15) is 20.8 Å². The van der Waals surface area contributed by atoms with Crippen LogP contribution in [0, 0.1) is 13.8 Å². The largest absolute Gasteiger partial charge is 0.335 e. The fraction of sp³-hybridized carbons (Fsp3) is 0.300. The summed E-state index contributed by atoms with van der Waals surface area (Å²) in [5.74, 6) is -0.0214. The van der Waals surface area contributed by atoms with E-state index in [4.69, 9.17) is 0 Å². The zero-order chi connectivity index (χ0) is 19.9. The molecular weight excluding hydrogens is 394 g/mol. The highest BCUT2D eigenvalue weighted by Crippen LogP contribution is 2.26. The molecule has 4 rings (SSSR count). The number of piperazine rings is 1. The standard InChI is InChI=1S/C20H21N3O3S2/c1-14-12-16-4-3-5-17(18(16)21-13-14)28(25,26)23-9-7-22(8-10-23)20(24)19-15(2)6-11-27-19/h3-6,11-13H,7-10H2,1-2H3. The molecule has 0 radical (unpaired) electrons. The number of hydrogen-bond donors (Lipinski definition) is 0. The van der Waals surface area contributed by atoms with Gasteiger partial charge in [0.25, 0.3) is 5.91 Å². The predicted molar refractivity (Wildman–Crippen MR) is 110 cm³/mol. The molecule has 1 fully saturated rings. The van der Waals surface area contributed by atoms with Crippen molar-refractivity contribution in [2.24, 2.45) is 0 Å². The number of aryl methyl sites for hydroxylation is 2. The van der Waals surface area contributed by atoms with Crippen molar-refractivity contribution in [3.63, 3.8) is 0 Å². The zero-order valence-electron chi connectivity index (χ0n) is 15.8. The fourth-order valence-corrected chi connectivity index (χ4v) is 5.94. The van der Waals surface area contributed by atoms with Crippen molar-refractivity contribution >= 4 is 38.2 Å². The number of nitrogens with zero attached hydrogens (tertiary/aromatic N) is 3. The van der Waals surface area contributed by atoms with Gasteiger partial charge in [0.15, 0.2) is 0 Å². The van der Waals surface area contributed by atoms with Gasteiger partial charge in [-0.05, 0) is 48.6 Å². The molecule has 0 saturated carbocycles. The molecule has 1 amide bonds. The van der Waals surface area contributed by atoms with Crippen molar-refractivity contribution in [1.29, 1.82) is 0 Å². The third-order valence-electron chi connectivity index (χ3n) is 5.01. The molecule has 0 N–H and O–H groups in total. The first-order valence-electron chi connectivity index (χ1n) is 9.07. The van der Waals surface area contributed by atoms with Crippen molar-refractivity contribution in [1.82, 2.24) is 14.2 Å². The Morgan fingerprint density at radius 2 is 1.86 bits per heavy atom. The fourth-order valence-electron chi connectivity index (χ4n) is 3.46. The van der Waals surface area contributed by atoms with Crippen molar-refractivity contribution in [3.05, 3.63) is 57.9 Å². The number of benzene rings is 1. The molecule has 1 aliphatic heterocycles. The number of fused-ring (bicyclic) bond motifs is 1. The van der Waals surface area contributed by atoms with Crippen molar-refractivity contribution < 1.29 is 13.2 Å². The van der Waals surface area contributed by atoms with Crippen molar-refractivity contribution in [2.75, 3.05) is 26.2 Å². The van der Waals surface area contributed by atoms with E-state index in [0.717, 1.165) is 21.4 Å². The molecule has 0 atom stereocenters. The maximum Gasteiger partial charge on any atom is 0.264 e. The smallest absolute Gasteiger partial charge is 0.264 e. The van der Waals surface area contributed by atoms with Gasteiger partial charge in [-0.15, -0.1) is 11.3 Å². The van der Waals surface area contributed by atoms with E-state index >= 15 is 0 Å². The van der Waals surface area contributed by atoms with Gasteiger partial charge in [-0.1, -0.05) is 12.1 Å². The Labute approximate surface area is 168 Å². The molecule has 1 saturated heterocycles. The third-order valence-corrected chi connectivity index (χ3v) is 7.95. The molecule has 8 heteroatoms. The molecule has 28 heavy (non-hydrogen) atoms. The van der Waals surface area contributed by atoms with E-state index in [2.05, 4.69) is 4.98 Å². The van der Waals surface area contributed by atoms with Gasteiger partial charge in [0.1, 0.15) is 4.90 Å². The van der Waals surface area contributed by atoms with Crippen LogP contribution in [-0.2, 0) is 10.0 Å². The highest BCUT2D eigenvalue weighted by molar-refractivity contribution is 7.89. The lowest BCUT2D eigenvalue weighted by molar-refractivity contribution is 0.0702.